The molecule has 0 aliphatic carbocycles. The zero-order chi connectivity index (χ0) is 17.6. The number of aryl methyl sites for hydroxylation is 2. The van der Waals surface area contributed by atoms with E-state index in [9.17, 15) is 4.79 Å². The summed E-state index contributed by atoms with van der Waals surface area (Å²) in [6, 6.07) is 15.4. The molecule has 3 rings (SSSR count). The van der Waals surface area contributed by atoms with Gasteiger partial charge in [-0.3, -0.25) is 4.79 Å². The lowest BCUT2D eigenvalue weighted by atomic mass is 10.2. The molecule has 2 heterocycles. The number of benzene rings is 1. The highest BCUT2D eigenvalue weighted by atomic mass is 32.1. The molecule has 0 amide bonds. The fourth-order valence-electron chi connectivity index (χ4n) is 2.37. The second-order valence-electron chi connectivity index (χ2n) is 5.68. The number of thiophene rings is 1. The quantitative estimate of drug-likeness (QED) is 0.405. The van der Waals surface area contributed by atoms with Crippen LogP contribution in [0.4, 0.5) is 0 Å². The number of hydrogen-bond acceptors (Lipinski definition) is 4. The van der Waals surface area contributed by atoms with Crippen LogP contribution in [0.15, 0.2) is 59.0 Å². The highest BCUT2D eigenvalue weighted by Gasteiger charge is 2.07. The van der Waals surface area contributed by atoms with E-state index >= 15 is 0 Å². The Hall–Kier alpha value is -2.59. The van der Waals surface area contributed by atoms with Gasteiger partial charge in [0.2, 0.25) is 0 Å². The molecule has 0 bridgehead atoms. The lowest BCUT2D eigenvalue weighted by molar-refractivity contribution is 0.105. The van der Waals surface area contributed by atoms with Crippen molar-refractivity contribution in [3.8, 4) is 5.75 Å². The molecule has 0 saturated heterocycles. The van der Waals surface area contributed by atoms with E-state index in [1.54, 1.807) is 12.2 Å². The molecule has 2 aromatic heterocycles. The molecule has 0 atom stereocenters. The molecular weight excluding hydrogens is 332 g/mol. The number of allylic oxidation sites excluding steroid dienone is 1. The third kappa shape index (κ3) is 4.48. The molecule has 3 nitrogen and oxygen atoms in total. The fraction of sp³-hybridized carbons (Fsp3) is 0.190. The molecule has 0 N–H and O–H groups in total. The minimum Gasteiger partial charge on any atom is -0.485 e. The smallest absolute Gasteiger partial charge is 0.195 e. The van der Waals surface area contributed by atoms with E-state index in [1.165, 1.54) is 16.2 Å². The summed E-state index contributed by atoms with van der Waals surface area (Å²) in [5.74, 6) is 2.21. The molecular formula is C21H20O3S. The van der Waals surface area contributed by atoms with E-state index in [1.807, 2.05) is 55.5 Å². The van der Waals surface area contributed by atoms with Gasteiger partial charge in [-0.1, -0.05) is 25.1 Å². The van der Waals surface area contributed by atoms with Crippen molar-refractivity contribution < 1.29 is 13.9 Å². The van der Waals surface area contributed by atoms with E-state index in [0.29, 0.717) is 12.4 Å². The third-order valence-electron chi connectivity index (χ3n) is 3.80. The largest absolute Gasteiger partial charge is 0.485 e. The molecule has 0 aliphatic heterocycles. The summed E-state index contributed by atoms with van der Waals surface area (Å²) in [5.41, 5.74) is 1.09. The Bertz CT molecular complexity index is 886. The molecule has 1 aromatic carbocycles. The zero-order valence-corrected chi connectivity index (χ0v) is 15.1. The van der Waals surface area contributed by atoms with Crippen molar-refractivity contribution in [3.05, 3.63) is 81.4 Å². The lowest BCUT2D eigenvalue weighted by Gasteiger charge is -2.06. The van der Waals surface area contributed by atoms with Crippen LogP contribution in [0.5, 0.6) is 5.75 Å². The maximum Gasteiger partial charge on any atom is 0.195 e. The van der Waals surface area contributed by atoms with E-state index in [4.69, 9.17) is 9.15 Å². The second kappa shape index (κ2) is 7.99. The molecule has 0 spiro atoms. The van der Waals surface area contributed by atoms with Crippen LogP contribution in [-0.4, -0.2) is 5.78 Å². The minimum atomic E-state index is -0.00110. The van der Waals surface area contributed by atoms with Crippen molar-refractivity contribution in [1.82, 2.24) is 0 Å². The lowest BCUT2D eigenvalue weighted by Crippen LogP contribution is -1.95. The standard InChI is InChI=1S/C21H20O3S/c1-3-18-11-13-21(25-18)19(22)12-10-16-8-9-17(24-16)14-23-20-7-5-4-6-15(20)2/h4-13H,3,14H2,1-2H3/b12-10+. The van der Waals surface area contributed by atoms with Gasteiger partial charge in [0.25, 0.3) is 0 Å². The van der Waals surface area contributed by atoms with Crippen molar-refractivity contribution in [2.75, 3.05) is 0 Å². The van der Waals surface area contributed by atoms with Crippen LogP contribution in [0.2, 0.25) is 0 Å². The number of para-hydroxylation sites is 1. The van der Waals surface area contributed by atoms with Crippen LogP contribution < -0.4 is 4.74 Å². The molecule has 0 fully saturated rings. The topological polar surface area (TPSA) is 39.4 Å². The van der Waals surface area contributed by atoms with E-state index in [-0.39, 0.29) is 5.78 Å². The van der Waals surface area contributed by atoms with Gasteiger partial charge >= 0.3 is 0 Å². The van der Waals surface area contributed by atoms with Crippen LogP contribution in [0.25, 0.3) is 6.08 Å². The highest BCUT2D eigenvalue weighted by molar-refractivity contribution is 7.14. The van der Waals surface area contributed by atoms with Crippen molar-refractivity contribution >= 4 is 23.2 Å². The van der Waals surface area contributed by atoms with Crippen molar-refractivity contribution in [1.29, 1.82) is 0 Å². The molecule has 0 aliphatic rings. The molecule has 0 radical (unpaired) electrons. The number of furan rings is 1. The van der Waals surface area contributed by atoms with Crippen LogP contribution >= 0.6 is 11.3 Å². The van der Waals surface area contributed by atoms with E-state index < -0.39 is 0 Å². The molecule has 25 heavy (non-hydrogen) atoms. The average Bonchev–Trinajstić information content (AvgIpc) is 3.28. The van der Waals surface area contributed by atoms with Gasteiger partial charge in [-0.2, -0.15) is 0 Å². The Labute approximate surface area is 151 Å². The average molecular weight is 352 g/mol. The number of ether oxygens (including phenoxy) is 1. The first-order valence-electron chi connectivity index (χ1n) is 8.24. The number of carbonyl (C=O) groups excluding carboxylic acids is 1. The molecule has 4 heteroatoms. The van der Waals surface area contributed by atoms with Crippen molar-refractivity contribution in [2.24, 2.45) is 0 Å². The zero-order valence-electron chi connectivity index (χ0n) is 14.3. The van der Waals surface area contributed by atoms with Gasteiger partial charge in [0, 0.05) is 4.88 Å². The number of rotatable bonds is 7. The molecule has 0 saturated carbocycles. The van der Waals surface area contributed by atoms with Crippen LogP contribution in [0.1, 0.15) is 38.6 Å². The van der Waals surface area contributed by atoms with Gasteiger partial charge in [0.05, 0.1) is 4.88 Å². The first-order chi connectivity index (χ1) is 12.2. The summed E-state index contributed by atoms with van der Waals surface area (Å²) >= 11 is 1.54. The highest BCUT2D eigenvalue weighted by Crippen LogP contribution is 2.20. The molecule has 0 unspecified atom stereocenters. The summed E-state index contributed by atoms with van der Waals surface area (Å²) in [4.78, 5) is 14.1. The molecule has 3 aromatic rings. The summed E-state index contributed by atoms with van der Waals surface area (Å²) < 4.78 is 11.5. The fourth-order valence-corrected chi connectivity index (χ4v) is 3.24. The van der Waals surface area contributed by atoms with Gasteiger partial charge in [-0.25, -0.2) is 0 Å². The third-order valence-corrected chi connectivity index (χ3v) is 5.04. The number of hydrogen-bond donors (Lipinski definition) is 0. The summed E-state index contributed by atoms with van der Waals surface area (Å²) in [7, 11) is 0. The Kier molecular flexibility index (Phi) is 5.51. The Morgan fingerprint density at radius 2 is 2.00 bits per heavy atom. The number of ketones is 1. The van der Waals surface area contributed by atoms with E-state index in [0.717, 1.165) is 28.4 Å². The maximum absolute atomic E-state index is 12.2. The van der Waals surface area contributed by atoms with Crippen molar-refractivity contribution in [2.45, 2.75) is 26.9 Å². The maximum atomic E-state index is 12.2. The SMILES string of the molecule is CCc1ccc(C(=O)/C=C/c2ccc(COc3ccccc3C)o2)s1. The van der Waals surface area contributed by atoms with Crippen LogP contribution in [0, 0.1) is 6.92 Å². The summed E-state index contributed by atoms with van der Waals surface area (Å²) in [5, 5.41) is 0. The van der Waals surface area contributed by atoms with Gasteiger partial charge in [0.15, 0.2) is 5.78 Å². The van der Waals surface area contributed by atoms with Crippen molar-refractivity contribution in [3.63, 3.8) is 0 Å². The second-order valence-corrected chi connectivity index (χ2v) is 6.84. The van der Waals surface area contributed by atoms with Gasteiger partial charge in [-0.05, 0) is 61.4 Å². The predicted octanol–water partition coefficient (Wildman–Crippen LogP) is 5.69. The summed E-state index contributed by atoms with van der Waals surface area (Å²) in [6.07, 6.45) is 4.20. The Balaban J connectivity index is 1.59. The number of carbonyl (C=O) groups is 1. The summed E-state index contributed by atoms with van der Waals surface area (Å²) in [6.45, 7) is 4.45. The van der Waals surface area contributed by atoms with Gasteiger partial charge < -0.3 is 9.15 Å². The predicted molar refractivity (Wildman–Crippen MR) is 101 cm³/mol. The van der Waals surface area contributed by atoms with Gasteiger partial charge in [0.1, 0.15) is 23.9 Å². The van der Waals surface area contributed by atoms with E-state index in [2.05, 4.69) is 6.92 Å². The minimum absolute atomic E-state index is 0.00110. The van der Waals surface area contributed by atoms with Crippen LogP contribution in [-0.2, 0) is 13.0 Å². The monoisotopic (exact) mass is 352 g/mol. The van der Waals surface area contributed by atoms with Crippen LogP contribution in [0.3, 0.4) is 0 Å². The Morgan fingerprint density at radius 1 is 1.16 bits per heavy atom. The first-order valence-corrected chi connectivity index (χ1v) is 9.05. The first kappa shape index (κ1) is 17.2. The Morgan fingerprint density at radius 3 is 2.76 bits per heavy atom. The van der Waals surface area contributed by atoms with Gasteiger partial charge in [-0.15, -0.1) is 11.3 Å². The molecule has 128 valence electrons. The normalized spacial score (nSPS) is 11.1.